The second-order valence-electron chi connectivity index (χ2n) is 5.28. The van der Waals surface area contributed by atoms with E-state index >= 15 is 0 Å². The number of carbonyl (C=O) groups is 2. The average Bonchev–Trinajstić information content (AvgIpc) is 2.66. The van der Waals surface area contributed by atoms with E-state index in [-0.39, 0.29) is 5.70 Å². The molecule has 0 aliphatic carbocycles. The highest BCUT2D eigenvalue weighted by Gasteiger charge is 2.16. The van der Waals surface area contributed by atoms with Gasteiger partial charge < -0.3 is 24.6 Å². The van der Waals surface area contributed by atoms with Crippen LogP contribution in [-0.4, -0.2) is 38.3 Å². The van der Waals surface area contributed by atoms with Crippen molar-refractivity contribution in [1.82, 2.24) is 5.32 Å². The Morgan fingerprint density at radius 1 is 1.00 bits per heavy atom. The topological polar surface area (TPSA) is 94.1 Å². The molecule has 2 N–H and O–H groups in total. The third kappa shape index (κ3) is 5.01. The van der Waals surface area contributed by atoms with Crippen LogP contribution in [0.3, 0.4) is 0 Å². The van der Waals surface area contributed by atoms with Crippen molar-refractivity contribution in [3.05, 3.63) is 57.7 Å². The van der Waals surface area contributed by atoms with Crippen LogP contribution < -0.4 is 19.5 Å². The number of carbonyl (C=O) groups excluding carboxylic acids is 1. The summed E-state index contributed by atoms with van der Waals surface area (Å²) in [6.45, 7) is 0. The summed E-state index contributed by atoms with van der Waals surface area (Å²) < 4.78 is 16.5. The molecule has 0 bridgehead atoms. The van der Waals surface area contributed by atoms with Crippen molar-refractivity contribution in [2.75, 3.05) is 21.3 Å². The largest absolute Gasteiger partial charge is 0.493 e. The Morgan fingerprint density at radius 2 is 1.56 bits per heavy atom. The van der Waals surface area contributed by atoms with E-state index in [0.717, 1.165) is 4.47 Å². The van der Waals surface area contributed by atoms with Crippen LogP contribution in [0.15, 0.2) is 46.6 Å². The van der Waals surface area contributed by atoms with Gasteiger partial charge in [0.05, 0.1) is 21.3 Å². The number of methoxy groups -OCH3 is 3. The smallest absolute Gasteiger partial charge is 0.352 e. The second kappa shape index (κ2) is 9.09. The Bertz CT molecular complexity index is 851. The fourth-order valence-electron chi connectivity index (χ4n) is 2.30. The Kier molecular flexibility index (Phi) is 6.84. The Hall–Kier alpha value is -3.00. The monoisotopic (exact) mass is 435 g/mol. The van der Waals surface area contributed by atoms with E-state index in [4.69, 9.17) is 14.2 Å². The van der Waals surface area contributed by atoms with E-state index in [0.29, 0.717) is 28.4 Å². The molecular formula is C19H18BrNO6. The van der Waals surface area contributed by atoms with Crippen molar-refractivity contribution >= 4 is 33.9 Å². The van der Waals surface area contributed by atoms with Gasteiger partial charge in [-0.15, -0.1) is 0 Å². The van der Waals surface area contributed by atoms with Gasteiger partial charge in [0, 0.05) is 10.0 Å². The van der Waals surface area contributed by atoms with Gasteiger partial charge in [0.15, 0.2) is 11.5 Å². The maximum atomic E-state index is 12.3. The number of carboxylic acids is 1. The first kappa shape index (κ1) is 20.3. The molecule has 0 fully saturated rings. The molecule has 0 unspecified atom stereocenters. The predicted molar refractivity (Wildman–Crippen MR) is 103 cm³/mol. The lowest BCUT2D eigenvalue weighted by atomic mass is 10.1. The highest BCUT2D eigenvalue weighted by atomic mass is 79.9. The van der Waals surface area contributed by atoms with Gasteiger partial charge in [-0.3, -0.25) is 4.79 Å². The fourth-order valence-corrected chi connectivity index (χ4v) is 2.56. The zero-order valence-electron chi connectivity index (χ0n) is 14.9. The number of carboxylic acid groups (broad SMARTS) is 1. The van der Waals surface area contributed by atoms with E-state index < -0.39 is 11.9 Å². The van der Waals surface area contributed by atoms with Crippen LogP contribution >= 0.6 is 15.9 Å². The lowest BCUT2D eigenvalue weighted by Gasteiger charge is -2.13. The first-order valence-electron chi connectivity index (χ1n) is 7.71. The van der Waals surface area contributed by atoms with Crippen LogP contribution in [0, 0.1) is 0 Å². The summed E-state index contributed by atoms with van der Waals surface area (Å²) in [6, 6.07) is 9.71. The lowest BCUT2D eigenvalue weighted by molar-refractivity contribution is -0.132. The number of hydrogen-bond donors (Lipinski definition) is 2. The molecular weight excluding hydrogens is 418 g/mol. The first-order valence-corrected chi connectivity index (χ1v) is 8.50. The van der Waals surface area contributed by atoms with Crippen molar-refractivity contribution in [3.63, 3.8) is 0 Å². The molecule has 0 aliphatic rings. The van der Waals surface area contributed by atoms with E-state index in [1.807, 2.05) is 0 Å². The Labute approximate surface area is 164 Å². The molecule has 0 aromatic heterocycles. The zero-order chi connectivity index (χ0) is 20.0. The Balaban J connectivity index is 2.38. The lowest BCUT2D eigenvalue weighted by Crippen LogP contribution is -2.27. The van der Waals surface area contributed by atoms with Gasteiger partial charge in [-0.2, -0.15) is 0 Å². The van der Waals surface area contributed by atoms with E-state index in [9.17, 15) is 14.7 Å². The maximum absolute atomic E-state index is 12.3. The molecule has 27 heavy (non-hydrogen) atoms. The minimum Gasteiger partial charge on any atom is -0.493 e. The van der Waals surface area contributed by atoms with Gasteiger partial charge in [-0.25, -0.2) is 4.79 Å². The van der Waals surface area contributed by atoms with Crippen molar-refractivity contribution < 1.29 is 28.9 Å². The van der Waals surface area contributed by atoms with E-state index in [2.05, 4.69) is 21.2 Å². The van der Waals surface area contributed by atoms with Gasteiger partial charge in [0.2, 0.25) is 5.75 Å². The van der Waals surface area contributed by atoms with E-state index in [1.165, 1.54) is 27.4 Å². The molecule has 2 rings (SSSR count). The summed E-state index contributed by atoms with van der Waals surface area (Å²) >= 11 is 3.28. The summed E-state index contributed by atoms with van der Waals surface area (Å²) in [5.74, 6) is -0.704. The average molecular weight is 436 g/mol. The third-order valence-electron chi connectivity index (χ3n) is 3.58. The van der Waals surface area contributed by atoms with Crippen molar-refractivity contribution in [2.24, 2.45) is 0 Å². The van der Waals surface area contributed by atoms with Crippen LogP contribution in [-0.2, 0) is 4.79 Å². The number of benzene rings is 2. The van der Waals surface area contributed by atoms with Gasteiger partial charge >= 0.3 is 5.97 Å². The molecule has 7 nitrogen and oxygen atoms in total. The number of ether oxygens (including phenoxy) is 3. The molecule has 1 amide bonds. The quantitative estimate of drug-likeness (QED) is 0.647. The molecule has 0 heterocycles. The van der Waals surface area contributed by atoms with Gasteiger partial charge in [-0.05, 0) is 48.0 Å². The molecule has 2 aromatic carbocycles. The molecule has 142 valence electrons. The predicted octanol–water partition coefficient (Wildman–Crippen LogP) is 3.33. The SMILES string of the molecule is COc1cc(/C=C(\NC(=O)c2ccc(Br)cc2)C(=O)O)cc(OC)c1OC. The highest BCUT2D eigenvalue weighted by molar-refractivity contribution is 9.10. The Morgan fingerprint density at radius 3 is 2.00 bits per heavy atom. The minimum absolute atomic E-state index is 0.294. The molecule has 0 aliphatic heterocycles. The molecule has 0 radical (unpaired) electrons. The zero-order valence-corrected chi connectivity index (χ0v) is 16.5. The van der Waals surface area contributed by atoms with Crippen LogP contribution in [0.5, 0.6) is 17.2 Å². The van der Waals surface area contributed by atoms with Crippen molar-refractivity contribution in [1.29, 1.82) is 0 Å². The number of hydrogen-bond acceptors (Lipinski definition) is 5. The third-order valence-corrected chi connectivity index (χ3v) is 4.11. The number of amides is 1. The summed E-state index contributed by atoms with van der Waals surface area (Å²) in [6.07, 6.45) is 1.31. The summed E-state index contributed by atoms with van der Waals surface area (Å²) in [7, 11) is 4.38. The maximum Gasteiger partial charge on any atom is 0.352 e. The van der Waals surface area contributed by atoms with Gasteiger partial charge in [0.1, 0.15) is 5.70 Å². The number of aliphatic carboxylic acids is 1. The number of rotatable bonds is 7. The molecule has 0 saturated heterocycles. The molecule has 0 atom stereocenters. The van der Waals surface area contributed by atoms with Crippen molar-refractivity contribution in [2.45, 2.75) is 0 Å². The molecule has 8 heteroatoms. The van der Waals surface area contributed by atoms with Crippen LogP contribution in [0.4, 0.5) is 0 Å². The minimum atomic E-state index is -1.28. The number of halogens is 1. The molecule has 0 spiro atoms. The second-order valence-corrected chi connectivity index (χ2v) is 6.20. The highest BCUT2D eigenvalue weighted by Crippen LogP contribution is 2.38. The molecule has 0 saturated carbocycles. The van der Waals surface area contributed by atoms with Gasteiger partial charge in [-0.1, -0.05) is 15.9 Å². The van der Waals surface area contributed by atoms with Crippen molar-refractivity contribution in [3.8, 4) is 17.2 Å². The fraction of sp³-hybridized carbons (Fsp3) is 0.158. The molecule has 2 aromatic rings. The summed E-state index contributed by atoms with van der Waals surface area (Å²) in [5.41, 5.74) is 0.491. The van der Waals surface area contributed by atoms with E-state index in [1.54, 1.807) is 36.4 Å². The normalized spacial score (nSPS) is 10.9. The number of nitrogens with one attached hydrogen (secondary N) is 1. The van der Waals surface area contributed by atoms with Crippen LogP contribution in [0.2, 0.25) is 0 Å². The summed E-state index contributed by atoms with van der Waals surface area (Å²) in [4.78, 5) is 23.9. The van der Waals surface area contributed by atoms with Crippen LogP contribution in [0.1, 0.15) is 15.9 Å². The first-order chi connectivity index (χ1) is 12.9. The van der Waals surface area contributed by atoms with Gasteiger partial charge in [0.25, 0.3) is 5.91 Å². The summed E-state index contributed by atoms with van der Waals surface area (Å²) in [5, 5.41) is 11.8. The standard InChI is InChI=1S/C19H18BrNO6/c1-25-15-9-11(10-16(26-2)17(15)27-3)8-14(19(23)24)21-18(22)12-4-6-13(20)7-5-12/h4-10H,1-3H3,(H,21,22)(H,23,24)/b14-8-. The van der Waals surface area contributed by atoms with Crippen LogP contribution in [0.25, 0.3) is 6.08 Å².